The second-order valence-corrected chi connectivity index (χ2v) is 8.35. The molecule has 0 N–H and O–H groups in total. The Balaban J connectivity index is 2.04. The summed E-state index contributed by atoms with van der Waals surface area (Å²) >= 11 is 12.0. The van der Waals surface area contributed by atoms with Crippen LogP contribution in [0.5, 0.6) is 0 Å². The zero-order valence-corrected chi connectivity index (χ0v) is 15.4. The monoisotopic (exact) mass is 385 g/mol. The number of hydrogen-bond donors (Lipinski definition) is 0. The number of rotatable bonds is 6. The zero-order valence-electron chi connectivity index (χ0n) is 13.1. The van der Waals surface area contributed by atoms with Gasteiger partial charge in [-0.1, -0.05) is 59.6 Å². The minimum Gasteiger partial charge on any atom is -0.341 e. The van der Waals surface area contributed by atoms with E-state index in [1.165, 1.54) is 4.90 Å². The van der Waals surface area contributed by atoms with Gasteiger partial charge in [0.1, 0.15) is 5.75 Å². The van der Waals surface area contributed by atoms with Crippen molar-refractivity contribution < 1.29 is 13.2 Å². The Hall–Kier alpha value is -1.56. The quantitative estimate of drug-likeness (QED) is 0.763. The molecule has 2 rings (SSSR count). The topological polar surface area (TPSA) is 54.5 Å². The molecule has 7 heteroatoms. The maximum absolute atomic E-state index is 12.3. The molecule has 0 unspecified atom stereocenters. The number of carbonyl (C=O) groups is 1. The molecule has 0 bridgehead atoms. The highest BCUT2D eigenvalue weighted by Crippen LogP contribution is 2.26. The van der Waals surface area contributed by atoms with Crippen LogP contribution >= 0.6 is 23.2 Å². The van der Waals surface area contributed by atoms with E-state index in [-0.39, 0.29) is 15.8 Å². The van der Waals surface area contributed by atoms with Crippen molar-refractivity contribution in [1.82, 2.24) is 4.90 Å². The maximum atomic E-state index is 12.3. The third-order valence-corrected chi connectivity index (χ3v) is 5.58. The van der Waals surface area contributed by atoms with Crippen LogP contribution in [0.25, 0.3) is 0 Å². The van der Waals surface area contributed by atoms with Crippen LogP contribution in [0.4, 0.5) is 0 Å². The lowest BCUT2D eigenvalue weighted by molar-refractivity contribution is -0.127. The van der Waals surface area contributed by atoms with Crippen LogP contribution in [0.2, 0.25) is 10.0 Å². The molecule has 0 heterocycles. The van der Waals surface area contributed by atoms with E-state index < -0.39 is 21.5 Å². The Morgan fingerprint density at radius 2 is 1.58 bits per heavy atom. The van der Waals surface area contributed by atoms with Gasteiger partial charge >= 0.3 is 0 Å². The first-order valence-corrected chi connectivity index (χ1v) is 9.77. The molecule has 128 valence electrons. The number of sulfone groups is 1. The summed E-state index contributed by atoms with van der Waals surface area (Å²) in [7, 11) is -2.10. The number of amides is 1. The standard InChI is InChI=1S/C17H17Cl2NO3S/c1-20(10-13-6-3-2-4-7-13)17(21)12-24(22,23)11-14-15(18)8-5-9-16(14)19/h2-9H,10-12H2,1H3. The van der Waals surface area contributed by atoms with Crippen molar-refractivity contribution in [2.45, 2.75) is 12.3 Å². The Morgan fingerprint density at radius 1 is 1.00 bits per heavy atom. The SMILES string of the molecule is CN(Cc1ccccc1)C(=O)CS(=O)(=O)Cc1c(Cl)cccc1Cl. The van der Waals surface area contributed by atoms with Gasteiger partial charge < -0.3 is 4.90 Å². The first-order valence-electron chi connectivity index (χ1n) is 7.20. The van der Waals surface area contributed by atoms with Crippen molar-refractivity contribution in [3.8, 4) is 0 Å². The summed E-state index contributed by atoms with van der Waals surface area (Å²) in [5.41, 5.74) is 1.25. The second-order valence-electron chi connectivity index (χ2n) is 5.47. The first kappa shape index (κ1) is 18.8. The van der Waals surface area contributed by atoms with E-state index in [0.717, 1.165) is 5.56 Å². The highest BCUT2D eigenvalue weighted by molar-refractivity contribution is 7.91. The number of carbonyl (C=O) groups excluding carboxylic acids is 1. The van der Waals surface area contributed by atoms with Gasteiger partial charge in [-0.2, -0.15) is 0 Å². The van der Waals surface area contributed by atoms with Crippen molar-refractivity contribution >= 4 is 38.9 Å². The Kier molecular flexibility index (Phi) is 6.27. The Labute approximate surface area is 151 Å². The van der Waals surface area contributed by atoms with Crippen LogP contribution in [0.15, 0.2) is 48.5 Å². The van der Waals surface area contributed by atoms with Gasteiger partial charge in [-0.3, -0.25) is 4.79 Å². The molecule has 0 radical (unpaired) electrons. The van der Waals surface area contributed by atoms with Crippen LogP contribution < -0.4 is 0 Å². The van der Waals surface area contributed by atoms with E-state index in [4.69, 9.17) is 23.2 Å². The summed E-state index contributed by atoms with van der Waals surface area (Å²) in [5.74, 6) is -1.42. The molecule has 0 spiro atoms. The summed E-state index contributed by atoms with van der Waals surface area (Å²) in [4.78, 5) is 13.6. The molecule has 24 heavy (non-hydrogen) atoms. The van der Waals surface area contributed by atoms with Crippen molar-refractivity contribution in [1.29, 1.82) is 0 Å². The van der Waals surface area contributed by atoms with Crippen LogP contribution in [0, 0.1) is 0 Å². The third kappa shape index (κ3) is 5.23. The minimum atomic E-state index is -3.68. The normalized spacial score (nSPS) is 11.3. The van der Waals surface area contributed by atoms with E-state index in [9.17, 15) is 13.2 Å². The average Bonchev–Trinajstić information content (AvgIpc) is 2.51. The average molecular weight is 386 g/mol. The van der Waals surface area contributed by atoms with E-state index in [1.54, 1.807) is 25.2 Å². The van der Waals surface area contributed by atoms with Crippen molar-refractivity contribution in [2.24, 2.45) is 0 Å². The van der Waals surface area contributed by atoms with Gasteiger partial charge in [-0.15, -0.1) is 0 Å². The van der Waals surface area contributed by atoms with Crippen molar-refractivity contribution in [3.05, 3.63) is 69.7 Å². The van der Waals surface area contributed by atoms with Gasteiger partial charge in [0.25, 0.3) is 0 Å². The molecule has 0 atom stereocenters. The molecule has 0 fully saturated rings. The van der Waals surface area contributed by atoms with Gasteiger partial charge in [0.2, 0.25) is 5.91 Å². The molecule has 0 saturated carbocycles. The highest BCUT2D eigenvalue weighted by atomic mass is 35.5. The molecule has 1 amide bonds. The molecule has 2 aromatic rings. The molecule has 0 aliphatic heterocycles. The van der Waals surface area contributed by atoms with Crippen LogP contribution in [0.1, 0.15) is 11.1 Å². The summed E-state index contributed by atoms with van der Waals surface area (Å²) in [6.07, 6.45) is 0. The van der Waals surface area contributed by atoms with Gasteiger partial charge in [0.05, 0.1) is 5.75 Å². The smallest absolute Gasteiger partial charge is 0.237 e. The molecule has 0 aliphatic rings. The van der Waals surface area contributed by atoms with E-state index >= 15 is 0 Å². The number of hydrogen-bond acceptors (Lipinski definition) is 3. The number of benzene rings is 2. The highest BCUT2D eigenvalue weighted by Gasteiger charge is 2.22. The zero-order chi connectivity index (χ0) is 17.7. The first-order chi connectivity index (χ1) is 11.3. The Bertz CT molecular complexity index is 803. The van der Waals surface area contributed by atoms with Crippen molar-refractivity contribution in [2.75, 3.05) is 12.8 Å². The summed E-state index contributed by atoms with van der Waals surface area (Å²) in [6.45, 7) is 0.349. The summed E-state index contributed by atoms with van der Waals surface area (Å²) < 4.78 is 24.6. The van der Waals surface area contributed by atoms with Gasteiger partial charge in [0.15, 0.2) is 9.84 Å². The fraction of sp³-hybridized carbons (Fsp3) is 0.235. The maximum Gasteiger partial charge on any atom is 0.237 e. The van der Waals surface area contributed by atoms with Crippen LogP contribution in [-0.2, 0) is 26.9 Å². The van der Waals surface area contributed by atoms with Gasteiger partial charge in [0, 0.05) is 29.2 Å². The molecule has 0 aliphatic carbocycles. The molecule has 4 nitrogen and oxygen atoms in total. The minimum absolute atomic E-state index is 0.274. The van der Waals surface area contributed by atoms with Gasteiger partial charge in [-0.25, -0.2) is 8.42 Å². The number of nitrogens with zero attached hydrogens (tertiary/aromatic N) is 1. The molecular formula is C17H17Cl2NO3S. The second kappa shape index (κ2) is 8.01. The molecule has 0 saturated heterocycles. The van der Waals surface area contributed by atoms with Gasteiger partial charge in [-0.05, 0) is 17.7 Å². The lowest BCUT2D eigenvalue weighted by atomic mass is 10.2. The fourth-order valence-corrected chi connectivity index (χ4v) is 4.32. The third-order valence-electron chi connectivity index (χ3n) is 3.46. The molecular weight excluding hydrogens is 369 g/mol. The molecule has 0 aromatic heterocycles. The van der Waals surface area contributed by atoms with E-state index in [2.05, 4.69) is 0 Å². The van der Waals surface area contributed by atoms with Crippen LogP contribution in [0.3, 0.4) is 0 Å². The summed E-state index contributed by atoms with van der Waals surface area (Å²) in [6, 6.07) is 14.1. The van der Waals surface area contributed by atoms with Crippen molar-refractivity contribution in [3.63, 3.8) is 0 Å². The lowest BCUT2D eigenvalue weighted by Gasteiger charge is -2.17. The van der Waals surface area contributed by atoms with Crippen LogP contribution in [-0.4, -0.2) is 32.0 Å². The lowest BCUT2D eigenvalue weighted by Crippen LogP contribution is -2.32. The number of halogens is 2. The largest absolute Gasteiger partial charge is 0.341 e. The van der Waals surface area contributed by atoms with E-state index in [1.807, 2.05) is 30.3 Å². The predicted molar refractivity (Wildman–Crippen MR) is 96.9 cm³/mol. The fourth-order valence-electron chi connectivity index (χ4n) is 2.18. The summed E-state index contributed by atoms with van der Waals surface area (Å²) in [5, 5.41) is 0.548. The molecule has 2 aromatic carbocycles. The van der Waals surface area contributed by atoms with E-state index in [0.29, 0.717) is 12.1 Å². The predicted octanol–water partition coefficient (Wildman–Crippen LogP) is 3.57. The Morgan fingerprint density at radius 3 is 2.17 bits per heavy atom.